The van der Waals surface area contributed by atoms with Gasteiger partial charge in [0.2, 0.25) is 0 Å². The van der Waals surface area contributed by atoms with E-state index >= 15 is 0 Å². The van der Waals surface area contributed by atoms with Crippen molar-refractivity contribution in [3.8, 4) is 0 Å². The summed E-state index contributed by atoms with van der Waals surface area (Å²) in [4.78, 5) is 40.7. The van der Waals surface area contributed by atoms with Gasteiger partial charge in [-0.1, -0.05) is 30.3 Å². The predicted molar refractivity (Wildman–Crippen MR) is 108 cm³/mol. The molecule has 1 saturated carbocycles. The molecule has 0 radical (unpaired) electrons. The second-order valence-corrected chi connectivity index (χ2v) is 9.25. The highest BCUT2D eigenvalue weighted by molar-refractivity contribution is 5.92. The number of hydrogen-bond donors (Lipinski definition) is 2. The number of benzene rings is 1. The first-order chi connectivity index (χ1) is 14.0. The molecule has 1 aliphatic heterocycles. The number of amides is 3. The van der Waals surface area contributed by atoms with Gasteiger partial charge in [0.15, 0.2) is 5.54 Å². The predicted octanol–water partition coefficient (Wildman–Crippen LogP) is 3.13. The molecule has 1 saturated heterocycles. The second-order valence-electron chi connectivity index (χ2n) is 9.25. The Morgan fingerprint density at radius 1 is 1.20 bits per heavy atom. The molecule has 1 aromatic rings. The van der Waals surface area contributed by atoms with Crippen LogP contribution in [0.4, 0.5) is 9.59 Å². The molecule has 1 heterocycles. The summed E-state index contributed by atoms with van der Waals surface area (Å²) in [5, 5.41) is 20.1. The van der Waals surface area contributed by atoms with Gasteiger partial charge in [-0.25, -0.2) is 9.59 Å². The Morgan fingerprint density at radius 2 is 1.80 bits per heavy atom. The minimum absolute atomic E-state index is 0.0254. The highest BCUT2D eigenvalue weighted by atomic mass is 16.6. The van der Waals surface area contributed by atoms with Crippen molar-refractivity contribution < 1.29 is 33.8 Å². The quantitative estimate of drug-likeness (QED) is 0.714. The monoisotopic (exact) mass is 419 g/mol. The van der Waals surface area contributed by atoms with Crippen molar-refractivity contribution in [2.45, 2.75) is 70.2 Å². The van der Waals surface area contributed by atoms with Crippen molar-refractivity contribution in [3.05, 3.63) is 35.9 Å². The number of quaternary nitrogens is 1. The van der Waals surface area contributed by atoms with Gasteiger partial charge in [0.1, 0.15) is 18.7 Å². The zero-order chi connectivity index (χ0) is 22.2. The van der Waals surface area contributed by atoms with Crippen molar-refractivity contribution in [3.63, 3.8) is 0 Å². The zero-order valence-electron chi connectivity index (χ0n) is 17.8. The maximum absolute atomic E-state index is 13.9. The largest absolute Gasteiger partial charge is 0.521 e. The highest BCUT2D eigenvalue weighted by Crippen LogP contribution is 2.44. The minimum Gasteiger partial charge on any atom is -0.445 e. The summed E-state index contributed by atoms with van der Waals surface area (Å²) in [6.45, 7) is 5.33. The van der Waals surface area contributed by atoms with Crippen LogP contribution >= 0.6 is 0 Å². The molecule has 2 N–H and O–H groups in total. The average molecular weight is 419 g/mol. The van der Waals surface area contributed by atoms with Gasteiger partial charge in [0.05, 0.1) is 12.6 Å². The van der Waals surface area contributed by atoms with E-state index < -0.39 is 39.8 Å². The van der Waals surface area contributed by atoms with E-state index in [0.29, 0.717) is 12.8 Å². The molecule has 30 heavy (non-hydrogen) atoms. The number of nitrogens with zero attached hydrogens (tertiary/aromatic N) is 2. The van der Waals surface area contributed by atoms with E-state index in [-0.39, 0.29) is 32.5 Å². The SMILES string of the molecule is CC(C)(C)[N@+]1(C(=O)O)CCN(C(=O)OCc2ccccc2)C2(CCC(O)CC2)C1=O. The standard InChI is InChI=1S/C22H30N2O6/c1-21(2,3)24(20(28)29)14-13-23(19(27)30-15-16-7-5-4-6-8-16)22(18(24)26)11-9-17(25)10-12-22/h4-8,17,25H,9-15H2,1-3H3/p+1/t17?,22?,24-/m1/s1. The molecule has 3 amide bonds. The maximum atomic E-state index is 13.9. The fourth-order valence-corrected chi connectivity index (χ4v) is 4.77. The molecular weight excluding hydrogens is 388 g/mol. The number of hydrogen-bond acceptors (Lipinski definition) is 5. The number of piperazine rings is 1. The maximum Gasteiger partial charge on any atom is 0.521 e. The van der Waals surface area contributed by atoms with E-state index in [1.807, 2.05) is 30.3 Å². The topological polar surface area (TPSA) is 104 Å². The lowest BCUT2D eigenvalue weighted by atomic mass is 9.75. The first-order valence-corrected chi connectivity index (χ1v) is 10.4. The van der Waals surface area contributed by atoms with E-state index in [2.05, 4.69) is 0 Å². The van der Waals surface area contributed by atoms with Gasteiger partial charge >= 0.3 is 18.1 Å². The molecule has 8 heteroatoms. The summed E-state index contributed by atoms with van der Waals surface area (Å²) in [5.74, 6) is -0.502. The minimum atomic E-state index is -1.29. The Bertz CT molecular complexity index is 811. The first kappa shape index (κ1) is 22.2. The Kier molecular flexibility index (Phi) is 5.93. The Hall–Kier alpha value is -2.45. The number of carboxylic acid groups (broad SMARTS) is 1. The summed E-state index contributed by atoms with van der Waals surface area (Å²) in [7, 11) is 0. The summed E-state index contributed by atoms with van der Waals surface area (Å²) < 4.78 is 4.76. The van der Waals surface area contributed by atoms with Crippen LogP contribution in [0.15, 0.2) is 30.3 Å². The summed E-state index contributed by atoms with van der Waals surface area (Å²) in [5.41, 5.74) is -1.35. The first-order valence-electron chi connectivity index (χ1n) is 10.4. The van der Waals surface area contributed by atoms with Gasteiger partial charge in [-0.3, -0.25) is 4.90 Å². The van der Waals surface area contributed by atoms with Gasteiger partial charge in [-0.05, 0) is 52.0 Å². The van der Waals surface area contributed by atoms with Gasteiger partial charge in [0.25, 0.3) is 0 Å². The normalized spacial score (nSPS) is 29.7. The highest BCUT2D eigenvalue weighted by Gasteiger charge is 2.67. The van der Waals surface area contributed by atoms with E-state index in [4.69, 9.17) is 4.74 Å². The second kappa shape index (κ2) is 8.00. The molecule has 1 aromatic carbocycles. The Labute approximate surface area is 176 Å². The third kappa shape index (κ3) is 3.58. The number of rotatable bonds is 2. The Balaban J connectivity index is 1.93. The number of carbonyl (C=O) groups excluding carboxylic acids is 2. The van der Waals surface area contributed by atoms with Crippen LogP contribution in [-0.4, -0.2) is 68.0 Å². The molecule has 1 atom stereocenters. The molecule has 2 fully saturated rings. The van der Waals surface area contributed by atoms with Gasteiger partial charge in [-0.2, -0.15) is 9.28 Å². The number of imide groups is 1. The van der Waals surface area contributed by atoms with Crippen molar-refractivity contribution >= 4 is 18.1 Å². The Morgan fingerprint density at radius 3 is 2.33 bits per heavy atom. The lowest BCUT2D eigenvalue weighted by molar-refractivity contribution is -0.838. The number of ether oxygens (including phenoxy) is 1. The van der Waals surface area contributed by atoms with E-state index in [9.17, 15) is 24.6 Å². The fourth-order valence-electron chi connectivity index (χ4n) is 4.77. The van der Waals surface area contributed by atoms with Crippen LogP contribution in [0, 0.1) is 0 Å². The molecule has 1 aliphatic carbocycles. The molecule has 1 spiro atoms. The third-order valence-electron chi connectivity index (χ3n) is 6.60. The van der Waals surface area contributed by atoms with E-state index in [0.717, 1.165) is 5.56 Å². The van der Waals surface area contributed by atoms with Crippen LogP contribution in [0.3, 0.4) is 0 Å². The zero-order valence-corrected chi connectivity index (χ0v) is 17.8. The van der Waals surface area contributed by atoms with Gasteiger partial charge in [0, 0.05) is 0 Å². The molecular formula is C22H31N2O6+. The van der Waals surface area contributed by atoms with Crippen LogP contribution in [0.1, 0.15) is 52.0 Å². The van der Waals surface area contributed by atoms with E-state index in [1.54, 1.807) is 20.8 Å². The third-order valence-corrected chi connectivity index (χ3v) is 6.60. The van der Waals surface area contributed by atoms with Crippen LogP contribution in [-0.2, 0) is 16.1 Å². The molecule has 164 valence electrons. The molecule has 2 aliphatic rings. The molecule has 0 aromatic heterocycles. The number of aliphatic hydroxyl groups is 1. The van der Waals surface area contributed by atoms with Crippen molar-refractivity contribution in [2.24, 2.45) is 0 Å². The summed E-state index contributed by atoms with van der Waals surface area (Å²) in [6.07, 6.45) is -1.30. The van der Waals surface area contributed by atoms with Crippen LogP contribution in [0.2, 0.25) is 0 Å². The van der Waals surface area contributed by atoms with Crippen molar-refractivity contribution in [1.82, 2.24) is 4.90 Å². The van der Waals surface area contributed by atoms with Crippen LogP contribution in [0.25, 0.3) is 0 Å². The van der Waals surface area contributed by atoms with E-state index in [1.165, 1.54) is 4.90 Å². The molecule has 0 bridgehead atoms. The average Bonchev–Trinajstić information content (AvgIpc) is 2.69. The lowest BCUT2D eigenvalue weighted by Crippen LogP contribution is -2.80. The smallest absolute Gasteiger partial charge is 0.445 e. The van der Waals surface area contributed by atoms with Crippen LogP contribution in [0.5, 0.6) is 0 Å². The van der Waals surface area contributed by atoms with Gasteiger partial charge < -0.3 is 14.9 Å². The molecule has 0 unspecified atom stereocenters. The molecule has 8 nitrogen and oxygen atoms in total. The lowest BCUT2D eigenvalue weighted by Gasteiger charge is -2.54. The van der Waals surface area contributed by atoms with Gasteiger partial charge in [-0.15, -0.1) is 0 Å². The number of carbonyl (C=O) groups is 3. The van der Waals surface area contributed by atoms with Crippen LogP contribution < -0.4 is 0 Å². The summed E-state index contributed by atoms with van der Waals surface area (Å²) in [6, 6.07) is 9.24. The number of aliphatic hydroxyl groups excluding tert-OH is 1. The van der Waals surface area contributed by atoms with Crippen molar-refractivity contribution in [1.29, 1.82) is 0 Å². The van der Waals surface area contributed by atoms with Crippen molar-refractivity contribution in [2.75, 3.05) is 13.1 Å². The molecule has 3 rings (SSSR count). The summed E-state index contributed by atoms with van der Waals surface area (Å²) >= 11 is 0. The fraction of sp³-hybridized carbons (Fsp3) is 0.591.